The lowest BCUT2D eigenvalue weighted by Gasteiger charge is -2.13. The van der Waals surface area contributed by atoms with Crippen LogP contribution < -0.4 is 10.6 Å². The summed E-state index contributed by atoms with van der Waals surface area (Å²) in [5.74, 6) is -0.812. The molecule has 0 aliphatic carbocycles. The van der Waals surface area contributed by atoms with Crippen LogP contribution in [0.5, 0.6) is 0 Å². The molecule has 0 heterocycles. The number of unbranched alkanes of at least 4 members (excludes halogenated alkanes) is 1. The second-order valence-corrected chi connectivity index (χ2v) is 3.92. The van der Waals surface area contributed by atoms with Crippen molar-refractivity contribution in [3.63, 3.8) is 0 Å². The van der Waals surface area contributed by atoms with Crippen LogP contribution in [0.4, 0.5) is 4.79 Å². The highest BCUT2D eigenvalue weighted by Crippen LogP contribution is 1.93. The average molecular weight is 258 g/mol. The Kier molecular flexibility index (Phi) is 9.67. The summed E-state index contributed by atoms with van der Waals surface area (Å²) in [4.78, 5) is 21.5. The van der Waals surface area contributed by atoms with Gasteiger partial charge in [0.1, 0.15) is 0 Å². The number of hydrogen-bond acceptors (Lipinski definition) is 3. The van der Waals surface area contributed by atoms with Gasteiger partial charge in [-0.3, -0.25) is 4.79 Å². The molecule has 0 saturated heterocycles. The summed E-state index contributed by atoms with van der Waals surface area (Å²) in [6.45, 7) is 6.75. The van der Waals surface area contributed by atoms with Gasteiger partial charge in [0.05, 0.1) is 12.7 Å². The first kappa shape index (κ1) is 16.4. The van der Waals surface area contributed by atoms with E-state index in [1.165, 1.54) is 0 Å². The average Bonchev–Trinajstić information content (AvgIpc) is 2.33. The maximum Gasteiger partial charge on any atom is 0.314 e. The molecule has 0 spiro atoms. The molecule has 6 nitrogen and oxygen atoms in total. The number of carbonyl (C=O) groups is 2. The molecule has 1 unspecified atom stereocenters. The van der Waals surface area contributed by atoms with Gasteiger partial charge in [-0.2, -0.15) is 0 Å². The smallest absolute Gasteiger partial charge is 0.314 e. The Balaban J connectivity index is 3.42. The zero-order valence-corrected chi connectivity index (χ0v) is 10.8. The van der Waals surface area contributed by atoms with Gasteiger partial charge in [-0.1, -0.05) is 6.08 Å². The Labute approximate surface area is 107 Å². The van der Waals surface area contributed by atoms with E-state index < -0.39 is 5.97 Å². The van der Waals surface area contributed by atoms with Crippen molar-refractivity contribution in [1.29, 1.82) is 0 Å². The summed E-state index contributed by atoms with van der Waals surface area (Å²) < 4.78 is 5.29. The number of ether oxygens (including phenoxy) is 1. The first-order valence-electron chi connectivity index (χ1n) is 6.02. The number of rotatable bonds is 10. The zero-order chi connectivity index (χ0) is 13.8. The summed E-state index contributed by atoms with van der Waals surface area (Å²) in [7, 11) is 0. The number of carboxylic acid groups (broad SMARTS) is 1. The quantitative estimate of drug-likeness (QED) is 0.405. The highest BCUT2D eigenvalue weighted by atomic mass is 16.5. The third kappa shape index (κ3) is 10.9. The third-order valence-corrected chi connectivity index (χ3v) is 2.15. The Morgan fingerprint density at radius 1 is 1.39 bits per heavy atom. The number of carbonyl (C=O) groups excluding carboxylic acids is 1. The minimum Gasteiger partial charge on any atom is -0.481 e. The standard InChI is InChI=1S/C12H22N2O4/c1-3-8-18-10(2)9-14-12(17)13-7-5-4-6-11(15)16/h3,10H,1,4-9H2,2H3,(H,15,16)(H2,13,14,17). The van der Waals surface area contributed by atoms with Crippen LogP contribution in [-0.4, -0.2) is 42.9 Å². The molecular formula is C12H22N2O4. The van der Waals surface area contributed by atoms with Gasteiger partial charge in [0.25, 0.3) is 0 Å². The number of aliphatic carboxylic acids is 1. The minimum atomic E-state index is -0.812. The number of urea groups is 1. The highest BCUT2D eigenvalue weighted by Gasteiger charge is 2.04. The normalized spacial score (nSPS) is 11.6. The summed E-state index contributed by atoms with van der Waals surface area (Å²) in [5.41, 5.74) is 0. The predicted molar refractivity (Wildman–Crippen MR) is 68.5 cm³/mol. The predicted octanol–water partition coefficient (Wildman–Crippen LogP) is 1.13. The molecule has 1 atom stereocenters. The molecule has 0 aromatic rings. The summed E-state index contributed by atoms with van der Waals surface area (Å²) in [6.07, 6.45) is 2.94. The van der Waals surface area contributed by atoms with E-state index in [2.05, 4.69) is 17.2 Å². The molecule has 2 amide bonds. The van der Waals surface area contributed by atoms with Crippen LogP contribution in [-0.2, 0) is 9.53 Å². The fourth-order valence-electron chi connectivity index (χ4n) is 1.19. The van der Waals surface area contributed by atoms with Gasteiger partial charge in [-0.15, -0.1) is 6.58 Å². The van der Waals surface area contributed by atoms with Gasteiger partial charge in [0, 0.05) is 19.5 Å². The van der Waals surface area contributed by atoms with Gasteiger partial charge in [0.2, 0.25) is 0 Å². The molecule has 3 N–H and O–H groups in total. The third-order valence-electron chi connectivity index (χ3n) is 2.15. The molecule has 0 aliphatic heterocycles. The van der Waals surface area contributed by atoms with E-state index in [1.54, 1.807) is 6.08 Å². The number of carboxylic acids is 1. The SMILES string of the molecule is C=CCOC(C)CNC(=O)NCCCCC(=O)O. The Bertz CT molecular complexity index is 269. The van der Waals surface area contributed by atoms with Crippen LogP contribution in [0.3, 0.4) is 0 Å². The van der Waals surface area contributed by atoms with E-state index in [4.69, 9.17) is 9.84 Å². The molecule has 0 aromatic heterocycles. The fraction of sp³-hybridized carbons (Fsp3) is 0.667. The second-order valence-electron chi connectivity index (χ2n) is 3.92. The van der Waals surface area contributed by atoms with Crippen molar-refractivity contribution >= 4 is 12.0 Å². The Hall–Kier alpha value is -1.56. The molecule has 0 bridgehead atoms. The minimum absolute atomic E-state index is 0.0687. The van der Waals surface area contributed by atoms with Gasteiger partial charge >= 0.3 is 12.0 Å². The number of hydrogen-bond donors (Lipinski definition) is 3. The van der Waals surface area contributed by atoms with Gasteiger partial charge in [0.15, 0.2) is 0 Å². The summed E-state index contributed by atoms with van der Waals surface area (Å²) in [5, 5.41) is 13.7. The lowest BCUT2D eigenvalue weighted by Crippen LogP contribution is -2.40. The summed E-state index contributed by atoms with van der Waals surface area (Å²) >= 11 is 0. The fourth-order valence-corrected chi connectivity index (χ4v) is 1.19. The van der Waals surface area contributed by atoms with Crippen molar-refractivity contribution in [2.75, 3.05) is 19.7 Å². The van der Waals surface area contributed by atoms with Crippen LogP contribution in [0.1, 0.15) is 26.2 Å². The molecule has 0 fully saturated rings. The molecule has 0 rings (SSSR count). The van der Waals surface area contributed by atoms with E-state index in [9.17, 15) is 9.59 Å². The van der Waals surface area contributed by atoms with Crippen molar-refractivity contribution < 1.29 is 19.4 Å². The maximum atomic E-state index is 11.3. The zero-order valence-electron chi connectivity index (χ0n) is 10.8. The van der Waals surface area contributed by atoms with Gasteiger partial charge in [-0.05, 0) is 19.8 Å². The van der Waals surface area contributed by atoms with Crippen LogP contribution in [0.25, 0.3) is 0 Å². The number of amides is 2. The van der Waals surface area contributed by atoms with E-state index in [0.29, 0.717) is 32.5 Å². The first-order chi connectivity index (χ1) is 8.56. The largest absolute Gasteiger partial charge is 0.481 e. The van der Waals surface area contributed by atoms with Crippen LogP contribution >= 0.6 is 0 Å². The number of nitrogens with one attached hydrogen (secondary N) is 2. The lowest BCUT2D eigenvalue weighted by atomic mass is 10.2. The lowest BCUT2D eigenvalue weighted by molar-refractivity contribution is -0.137. The van der Waals surface area contributed by atoms with E-state index >= 15 is 0 Å². The summed E-state index contributed by atoms with van der Waals surface area (Å²) in [6, 6.07) is -0.264. The van der Waals surface area contributed by atoms with E-state index in [-0.39, 0.29) is 18.6 Å². The topological polar surface area (TPSA) is 87.7 Å². The van der Waals surface area contributed by atoms with Gasteiger partial charge in [-0.25, -0.2) is 4.79 Å². The second kappa shape index (κ2) is 10.6. The Morgan fingerprint density at radius 3 is 2.72 bits per heavy atom. The maximum absolute atomic E-state index is 11.3. The molecule has 104 valence electrons. The molecule has 0 aromatic carbocycles. The monoisotopic (exact) mass is 258 g/mol. The highest BCUT2D eigenvalue weighted by molar-refractivity contribution is 5.73. The van der Waals surface area contributed by atoms with Crippen LogP contribution in [0.15, 0.2) is 12.7 Å². The van der Waals surface area contributed by atoms with E-state index in [1.807, 2.05) is 6.92 Å². The van der Waals surface area contributed by atoms with Crippen LogP contribution in [0.2, 0.25) is 0 Å². The van der Waals surface area contributed by atoms with E-state index in [0.717, 1.165) is 0 Å². The van der Waals surface area contributed by atoms with Crippen molar-refractivity contribution in [2.45, 2.75) is 32.3 Å². The molecule has 0 radical (unpaired) electrons. The van der Waals surface area contributed by atoms with Crippen molar-refractivity contribution in [2.24, 2.45) is 0 Å². The van der Waals surface area contributed by atoms with Crippen molar-refractivity contribution in [1.82, 2.24) is 10.6 Å². The molecular weight excluding hydrogens is 236 g/mol. The van der Waals surface area contributed by atoms with Crippen molar-refractivity contribution in [3.8, 4) is 0 Å². The van der Waals surface area contributed by atoms with Crippen molar-refractivity contribution in [3.05, 3.63) is 12.7 Å². The Morgan fingerprint density at radius 2 is 2.11 bits per heavy atom. The molecule has 0 saturated carbocycles. The molecule has 6 heteroatoms. The van der Waals surface area contributed by atoms with Crippen LogP contribution in [0, 0.1) is 0 Å². The van der Waals surface area contributed by atoms with Gasteiger partial charge < -0.3 is 20.5 Å². The molecule has 0 aliphatic rings. The molecule has 18 heavy (non-hydrogen) atoms. The first-order valence-corrected chi connectivity index (χ1v) is 6.02.